The summed E-state index contributed by atoms with van der Waals surface area (Å²) in [5.41, 5.74) is 2.44. The largest absolute Gasteiger partial charge is 0.489 e. The van der Waals surface area contributed by atoms with E-state index in [0.717, 1.165) is 17.7 Å². The van der Waals surface area contributed by atoms with Crippen LogP contribution in [0.15, 0.2) is 18.2 Å². The van der Waals surface area contributed by atoms with Gasteiger partial charge in [-0.2, -0.15) is 0 Å². The van der Waals surface area contributed by atoms with Gasteiger partial charge in [-0.15, -0.1) is 0 Å². The number of aryl methyl sites for hydroxylation is 2. The summed E-state index contributed by atoms with van der Waals surface area (Å²) in [4.78, 5) is 16.5. The molecule has 2 aromatic rings. The van der Waals surface area contributed by atoms with Crippen molar-refractivity contribution in [2.24, 2.45) is 0 Å². The molecule has 0 fully saturated rings. The Balaban J connectivity index is 1.77. The van der Waals surface area contributed by atoms with Crippen LogP contribution in [-0.2, 0) is 11.3 Å². The fourth-order valence-electron chi connectivity index (χ4n) is 2.62. The second-order valence-electron chi connectivity index (χ2n) is 5.78. The number of esters is 1. The molecule has 3 rings (SSSR count). The van der Waals surface area contributed by atoms with Crippen LogP contribution in [0.2, 0.25) is 10.2 Å². The number of aromatic nitrogens is 1. The standard InChI is InChI=1S/C18H17Cl2NO4/c1-10-6-11(2)21-17(20)15(10)18(22)25-9-12-7-13(19)16-14(8-12)23-4-3-5-24-16/h6-8H,3-5,9H2,1-2H3. The molecule has 1 aromatic heterocycles. The maximum atomic E-state index is 12.4. The van der Waals surface area contributed by atoms with Crippen LogP contribution in [0.3, 0.4) is 0 Å². The molecule has 0 aliphatic carbocycles. The van der Waals surface area contributed by atoms with Gasteiger partial charge >= 0.3 is 5.97 Å². The van der Waals surface area contributed by atoms with Crippen LogP contribution in [0, 0.1) is 13.8 Å². The highest BCUT2D eigenvalue weighted by molar-refractivity contribution is 6.32. The minimum absolute atomic E-state index is 0.0405. The fourth-order valence-corrected chi connectivity index (χ4v) is 3.27. The molecule has 0 bridgehead atoms. The maximum absolute atomic E-state index is 12.4. The van der Waals surface area contributed by atoms with E-state index < -0.39 is 5.97 Å². The number of hydrogen-bond acceptors (Lipinski definition) is 5. The highest BCUT2D eigenvalue weighted by Crippen LogP contribution is 2.38. The molecule has 0 unspecified atom stereocenters. The molecule has 25 heavy (non-hydrogen) atoms. The van der Waals surface area contributed by atoms with Crippen molar-refractivity contribution in [1.29, 1.82) is 0 Å². The quantitative estimate of drug-likeness (QED) is 0.577. The highest BCUT2D eigenvalue weighted by Gasteiger charge is 2.19. The van der Waals surface area contributed by atoms with Gasteiger partial charge in [0.2, 0.25) is 0 Å². The summed E-state index contributed by atoms with van der Waals surface area (Å²) >= 11 is 12.3. The molecule has 1 aliphatic heterocycles. The Bertz CT molecular complexity index is 800. The number of pyridine rings is 1. The average Bonchev–Trinajstić information content (AvgIpc) is 2.77. The second-order valence-corrected chi connectivity index (χ2v) is 6.54. The highest BCUT2D eigenvalue weighted by atomic mass is 35.5. The minimum Gasteiger partial charge on any atom is -0.489 e. The molecule has 0 N–H and O–H groups in total. The summed E-state index contributed by atoms with van der Waals surface area (Å²) in [5.74, 6) is 0.552. The Kier molecular flexibility index (Phi) is 5.35. The molecule has 7 heteroatoms. The number of hydrogen-bond donors (Lipinski definition) is 0. The molecular weight excluding hydrogens is 365 g/mol. The Morgan fingerprint density at radius 3 is 2.72 bits per heavy atom. The average molecular weight is 382 g/mol. The van der Waals surface area contributed by atoms with Gasteiger partial charge in [0.05, 0.1) is 23.8 Å². The predicted molar refractivity (Wildman–Crippen MR) is 94.9 cm³/mol. The molecule has 0 atom stereocenters. The van der Waals surface area contributed by atoms with E-state index in [9.17, 15) is 4.79 Å². The summed E-state index contributed by atoms with van der Waals surface area (Å²) in [7, 11) is 0. The summed E-state index contributed by atoms with van der Waals surface area (Å²) < 4.78 is 16.6. The lowest BCUT2D eigenvalue weighted by atomic mass is 10.1. The van der Waals surface area contributed by atoms with Gasteiger partial charge in [-0.25, -0.2) is 9.78 Å². The lowest BCUT2D eigenvalue weighted by molar-refractivity contribution is 0.0471. The third kappa shape index (κ3) is 3.99. The summed E-state index contributed by atoms with van der Waals surface area (Å²) in [6.07, 6.45) is 0.785. The lowest BCUT2D eigenvalue weighted by Gasteiger charge is -2.13. The molecule has 0 radical (unpaired) electrons. The van der Waals surface area contributed by atoms with Crippen molar-refractivity contribution in [3.63, 3.8) is 0 Å². The molecule has 0 saturated carbocycles. The zero-order valence-corrected chi connectivity index (χ0v) is 15.4. The van der Waals surface area contributed by atoms with Gasteiger partial charge in [0, 0.05) is 12.1 Å². The summed E-state index contributed by atoms with van der Waals surface area (Å²) in [6.45, 7) is 4.75. The monoisotopic (exact) mass is 381 g/mol. The van der Waals surface area contributed by atoms with E-state index in [1.54, 1.807) is 25.1 Å². The van der Waals surface area contributed by atoms with Gasteiger partial charge in [-0.1, -0.05) is 23.2 Å². The summed E-state index contributed by atoms with van der Waals surface area (Å²) in [5, 5.41) is 0.566. The van der Waals surface area contributed by atoms with Gasteiger partial charge in [0.25, 0.3) is 0 Å². The van der Waals surface area contributed by atoms with Gasteiger partial charge in [0.15, 0.2) is 11.5 Å². The zero-order chi connectivity index (χ0) is 18.0. The molecular formula is C18H17Cl2NO4. The molecule has 0 amide bonds. The van der Waals surface area contributed by atoms with Crippen LogP contribution < -0.4 is 9.47 Å². The first-order valence-electron chi connectivity index (χ1n) is 7.84. The van der Waals surface area contributed by atoms with E-state index in [0.29, 0.717) is 35.3 Å². The van der Waals surface area contributed by atoms with Gasteiger partial charge in [-0.3, -0.25) is 0 Å². The Morgan fingerprint density at radius 1 is 1.20 bits per heavy atom. The lowest BCUT2D eigenvalue weighted by Crippen LogP contribution is -2.09. The van der Waals surface area contributed by atoms with Crippen molar-refractivity contribution < 1.29 is 19.0 Å². The Hall–Kier alpha value is -1.98. The number of halogens is 2. The third-order valence-corrected chi connectivity index (χ3v) is 4.29. The van der Waals surface area contributed by atoms with Crippen LogP contribution in [0.1, 0.15) is 33.6 Å². The number of carbonyl (C=O) groups is 1. The van der Waals surface area contributed by atoms with Crippen molar-refractivity contribution in [1.82, 2.24) is 4.98 Å². The molecule has 1 aliphatic rings. The molecule has 1 aromatic carbocycles. The molecule has 2 heterocycles. The van der Waals surface area contributed by atoms with Crippen LogP contribution >= 0.6 is 23.2 Å². The van der Waals surface area contributed by atoms with Crippen molar-refractivity contribution in [2.75, 3.05) is 13.2 Å². The van der Waals surface area contributed by atoms with Crippen molar-refractivity contribution in [3.8, 4) is 11.5 Å². The first-order chi connectivity index (χ1) is 12.0. The van der Waals surface area contributed by atoms with Crippen molar-refractivity contribution in [2.45, 2.75) is 26.9 Å². The second kappa shape index (κ2) is 7.50. The van der Waals surface area contributed by atoms with Gasteiger partial charge in [-0.05, 0) is 43.2 Å². The van der Waals surface area contributed by atoms with Crippen molar-refractivity contribution in [3.05, 3.63) is 50.8 Å². The number of ether oxygens (including phenoxy) is 3. The smallest absolute Gasteiger partial charge is 0.341 e. The molecule has 5 nitrogen and oxygen atoms in total. The number of benzene rings is 1. The Labute approximate surface area is 155 Å². The van der Waals surface area contributed by atoms with Crippen LogP contribution in [0.4, 0.5) is 0 Å². The fraction of sp³-hybridized carbons (Fsp3) is 0.333. The SMILES string of the molecule is Cc1cc(C)c(C(=O)OCc2cc(Cl)c3c(c2)OCCCO3)c(Cl)n1. The normalized spacial score (nSPS) is 13.3. The van der Waals surface area contributed by atoms with Crippen LogP contribution in [0.25, 0.3) is 0 Å². The van der Waals surface area contributed by atoms with E-state index in [2.05, 4.69) is 4.98 Å². The predicted octanol–water partition coefficient (Wildman–Crippen LogP) is 4.52. The van der Waals surface area contributed by atoms with Crippen molar-refractivity contribution >= 4 is 29.2 Å². The van der Waals surface area contributed by atoms with Gasteiger partial charge < -0.3 is 14.2 Å². The molecule has 0 spiro atoms. The zero-order valence-electron chi connectivity index (χ0n) is 13.9. The minimum atomic E-state index is -0.529. The number of nitrogens with zero attached hydrogens (tertiary/aromatic N) is 1. The van der Waals surface area contributed by atoms with E-state index in [4.69, 9.17) is 37.4 Å². The summed E-state index contributed by atoms with van der Waals surface area (Å²) in [6, 6.07) is 5.25. The van der Waals surface area contributed by atoms with E-state index in [1.165, 1.54) is 0 Å². The Morgan fingerprint density at radius 2 is 1.96 bits per heavy atom. The van der Waals surface area contributed by atoms with E-state index in [-0.39, 0.29) is 17.3 Å². The number of carbonyl (C=O) groups excluding carboxylic acids is 1. The van der Waals surface area contributed by atoms with Crippen LogP contribution in [0.5, 0.6) is 11.5 Å². The first-order valence-corrected chi connectivity index (χ1v) is 8.60. The first kappa shape index (κ1) is 17.8. The van der Waals surface area contributed by atoms with E-state index in [1.807, 2.05) is 6.92 Å². The molecule has 0 saturated heterocycles. The number of fused-ring (bicyclic) bond motifs is 1. The number of rotatable bonds is 3. The topological polar surface area (TPSA) is 57.7 Å². The van der Waals surface area contributed by atoms with Gasteiger partial charge in [0.1, 0.15) is 11.8 Å². The third-order valence-electron chi connectivity index (χ3n) is 3.74. The van der Waals surface area contributed by atoms with E-state index >= 15 is 0 Å². The molecule has 132 valence electrons. The van der Waals surface area contributed by atoms with Crippen LogP contribution in [-0.4, -0.2) is 24.2 Å². The maximum Gasteiger partial charge on any atom is 0.341 e.